The van der Waals surface area contributed by atoms with E-state index in [4.69, 9.17) is 11.6 Å². The third kappa shape index (κ3) is 4.27. The fraction of sp³-hybridized carbons (Fsp3) is 0.160. The standard InChI is InChI=1S/C25H21ClN4O3S/c26-21-3-1-20-16-22(4-2-19(20)15-21)34(32,33)30-13-11-29(12-14-30)25(31)24-17-28-10-7-23(24)18-5-8-27-9-6-18/h1-10,15-17H,11-14H2. The third-order valence-corrected chi connectivity index (χ3v) is 8.11. The zero-order valence-corrected chi connectivity index (χ0v) is 19.7. The number of aromatic nitrogens is 2. The molecule has 5 rings (SSSR count). The lowest BCUT2D eigenvalue weighted by atomic mass is 10.0. The normalized spacial score (nSPS) is 14.9. The Hall–Kier alpha value is -3.33. The molecule has 0 radical (unpaired) electrons. The molecule has 2 aromatic carbocycles. The van der Waals surface area contributed by atoms with Crippen LogP contribution in [0.25, 0.3) is 21.9 Å². The number of sulfonamides is 1. The van der Waals surface area contributed by atoms with Crippen LogP contribution in [0.5, 0.6) is 0 Å². The van der Waals surface area contributed by atoms with Crippen LogP contribution < -0.4 is 0 Å². The summed E-state index contributed by atoms with van der Waals surface area (Å²) >= 11 is 6.03. The summed E-state index contributed by atoms with van der Waals surface area (Å²) in [4.78, 5) is 23.4. The van der Waals surface area contributed by atoms with Gasteiger partial charge in [-0.3, -0.25) is 14.8 Å². The molecule has 1 amide bonds. The number of halogens is 1. The molecule has 1 fully saturated rings. The molecule has 4 aromatic rings. The molecule has 0 atom stereocenters. The second-order valence-electron chi connectivity index (χ2n) is 8.01. The minimum absolute atomic E-state index is 0.167. The smallest absolute Gasteiger partial charge is 0.256 e. The first kappa shape index (κ1) is 22.5. The van der Waals surface area contributed by atoms with E-state index in [1.54, 1.807) is 66.1 Å². The van der Waals surface area contributed by atoms with Gasteiger partial charge in [0.05, 0.1) is 10.5 Å². The zero-order valence-electron chi connectivity index (χ0n) is 18.1. The van der Waals surface area contributed by atoms with E-state index < -0.39 is 10.0 Å². The van der Waals surface area contributed by atoms with Gasteiger partial charge in [-0.05, 0) is 64.4 Å². The van der Waals surface area contributed by atoms with E-state index in [1.165, 1.54) is 4.31 Å². The van der Waals surface area contributed by atoms with Gasteiger partial charge in [-0.2, -0.15) is 4.31 Å². The SMILES string of the molecule is O=C(c1cnccc1-c1ccncc1)N1CCN(S(=O)(=O)c2ccc3cc(Cl)ccc3c2)CC1. The lowest BCUT2D eigenvalue weighted by Crippen LogP contribution is -2.50. The van der Waals surface area contributed by atoms with Crippen molar-refractivity contribution in [3.63, 3.8) is 0 Å². The monoisotopic (exact) mass is 492 g/mol. The Labute approximate surface area is 202 Å². The topological polar surface area (TPSA) is 83.5 Å². The van der Waals surface area contributed by atoms with E-state index >= 15 is 0 Å². The van der Waals surface area contributed by atoms with Crippen LogP contribution >= 0.6 is 11.6 Å². The predicted molar refractivity (Wildman–Crippen MR) is 131 cm³/mol. The van der Waals surface area contributed by atoms with Crippen molar-refractivity contribution in [1.82, 2.24) is 19.2 Å². The van der Waals surface area contributed by atoms with E-state index in [2.05, 4.69) is 9.97 Å². The summed E-state index contributed by atoms with van der Waals surface area (Å²) in [6.45, 7) is 1.03. The Bertz CT molecular complexity index is 1470. The molecule has 0 unspecified atom stereocenters. The number of hydrogen-bond acceptors (Lipinski definition) is 5. The first-order valence-corrected chi connectivity index (χ1v) is 12.6. The van der Waals surface area contributed by atoms with Gasteiger partial charge in [-0.15, -0.1) is 0 Å². The van der Waals surface area contributed by atoms with Crippen LogP contribution in [0.1, 0.15) is 10.4 Å². The number of benzene rings is 2. The average molecular weight is 493 g/mol. The summed E-state index contributed by atoms with van der Waals surface area (Å²) < 4.78 is 28.0. The summed E-state index contributed by atoms with van der Waals surface area (Å²) in [6.07, 6.45) is 6.56. The number of pyridine rings is 2. The van der Waals surface area contributed by atoms with E-state index in [0.29, 0.717) is 23.7 Å². The maximum Gasteiger partial charge on any atom is 0.256 e. The number of fused-ring (bicyclic) bond motifs is 1. The van der Waals surface area contributed by atoms with Crippen molar-refractivity contribution in [2.24, 2.45) is 0 Å². The number of piperazine rings is 1. The van der Waals surface area contributed by atoms with Gasteiger partial charge >= 0.3 is 0 Å². The summed E-state index contributed by atoms with van der Waals surface area (Å²) in [7, 11) is -3.69. The van der Waals surface area contributed by atoms with E-state index in [1.807, 2.05) is 18.2 Å². The van der Waals surface area contributed by atoms with Gasteiger partial charge in [0.15, 0.2) is 0 Å². The first-order chi connectivity index (χ1) is 16.4. The number of nitrogens with zero attached hydrogens (tertiary/aromatic N) is 4. The van der Waals surface area contributed by atoms with Gasteiger partial charge in [-0.25, -0.2) is 8.42 Å². The lowest BCUT2D eigenvalue weighted by Gasteiger charge is -2.34. The van der Waals surface area contributed by atoms with Crippen molar-refractivity contribution in [2.75, 3.05) is 26.2 Å². The van der Waals surface area contributed by atoms with Gasteiger partial charge in [0, 0.05) is 56.0 Å². The van der Waals surface area contributed by atoms with Crippen molar-refractivity contribution in [3.05, 3.63) is 90.0 Å². The Kier molecular flexibility index (Phi) is 6.03. The molecule has 0 spiro atoms. The Balaban J connectivity index is 1.33. The molecule has 1 aliphatic rings. The fourth-order valence-electron chi connectivity index (χ4n) is 4.15. The van der Waals surface area contributed by atoms with Crippen LogP contribution in [0.3, 0.4) is 0 Å². The van der Waals surface area contributed by atoms with Crippen molar-refractivity contribution in [3.8, 4) is 11.1 Å². The van der Waals surface area contributed by atoms with Crippen LogP contribution in [0.15, 0.2) is 84.3 Å². The first-order valence-electron chi connectivity index (χ1n) is 10.8. The molecular formula is C25H21ClN4O3S. The highest BCUT2D eigenvalue weighted by atomic mass is 35.5. The second-order valence-corrected chi connectivity index (χ2v) is 10.4. The number of hydrogen-bond donors (Lipinski definition) is 0. The molecule has 0 N–H and O–H groups in total. The van der Waals surface area contributed by atoms with Crippen LogP contribution in [0.4, 0.5) is 0 Å². The highest BCUT2D eigenvalue weighted by Crippen LogP contribution is 2.27. The summed E-state index contributed by atoms with van der Waals surface area (Å²) in [5.41, 5.74) is 2.13. The Morgan fingerprint density at radius 1 is 0.824 bits per heavy atom. The van der Waals surface area contributed by atoms with Crippen molar-refractivity contribution < 1.29 is 13.2 Å². The predicted octanol–water partition coefficient (Wildman–Crippen LogP) is 4.10. The van der Waals surface area contributed by atoms with Crippen LogP contribution in [0, 0.1) is 0 Å². The van der Waals surface area contributed by atoms with E-state index in [-0.39, 0.29) is 23.9 Å². The molecule has 34 heavy (non-hydrogen) atoms. The third-order valence-electron chi connectivity index (χ3n) is 5.98. The molecule has 0 saturated carbocycles. The van der Waals surface area contributed by atoms with E-state index in [9.17, 15) is 13.2 Å². The summed E-state index contributed by atoms with van der Waals surface area (Å²) in [5, 5.41) is 2.28. The molecule has 9 heteroatoms. The number of amides is 1. The highest BCUT2D eigenvalue weighted by Gasteiger charge is 2.31. The fourth-order valence-corrected chi connectivity index (χ4v) is 5.79. The molecule has 1 saturated heterocycles. The van der Waals surface area contributed by atoms with Gasteiger partial charge in [0.1, 0.15) is 0 Å². The van der Waals surface area contributed by atoms with Crippen molar-refractivity contribution in [2.45, 2.75) is 4.90 Å². The number of carbonyl (C=O) groups excluding carboxylic acids is 1. The lowest BCUT2D eigenvalue weighted by molar-refractivity contribution is 0.0698. The Morgan fingerprint density at radius 2 is 1.50 bits per heavy atom. The maximum absolute atomic E-state index is 13.3. The van der Waals surface area contributed by atoms with E-state index in [0.717, 1.165) is 21.9 Å². The number of rotatable bonds is 4. The van der Waals surface area contributed by atoms with Gasteiger partial charge in [-0.1, -0.05) is 23.7 Å². The molecule has 1 aliphatic heterocycles. The molecule has 7 nitrogen and oxygen atoms in total. The van der Waals surface area contributed by atoms with Crippen LogP contribution in [-0.2, 0) is 10.0 Å². The van der Waals surface area contributed by atoms with Crippen LogP contribution in [-0.4, -0.2) is 59.7 Å². The minimum atomic E-state index is -3.69. The van der Waals surface area contributed by atoms with Crippen molar-refractivity contribution in [1.29, 1.82) is 0 Å². The molecule has 2 aromatic heterocycles. The van der Waals surface area contributed by atoms with Crippen LogP contribution in [0.2, 0.25) is 5.02 Å². The average Bonchev–Trinajstić information content (AvgIpc) is 2.88. The Morgan fingerprint density at radius 3 is 2.26 bits per heavy atom. The molecule has 3 heterocycles. The number of carbonyl (C=O) groups is 1. The largest absolute Gasteiger partial charge is 0.336 e. The van der Waals surface area contributed by atoms with Gasteiger partial charge < -0.3 is 4.90 Å². The highest BCUT2D eigenvalue weighted by molar-refractivity contribution is 7.89. The quantitative estimate of drug-likeness (QED) is 0.428. The molecular weight excluding hydrogens is 472 g/mol. The van der Waals surface area contributed by atoms with Gasteiger partial charge in [0.25, 0.3) is 5.91 Å². The molecule has 0 bridgehead atoms. The zero-order chi connectivity index (χ0) is 23.7. The molecule has 0 aliphatic carbocycles. The summed E-state index contributed by atoms with van der Waals surface area (Å²) in [5.74, 6) is -0.167. The van der Waals surface area contributed by atoms with Crippen molar-refractivity contribution >= 4 is 38.3 Å². The summed E-state index contributed by atoms with van der Waals surface area (Å²) in [6, 6.07) is 15.9. The molecule has 172 valence electrons. The van der Waals surface area contributed by atoms with Gasteiger partial charge in [0.2, 0.25) is 10.0 Å². The second kappa shape index (κ2) is 9.13. The maximum atomic E-state index is 13.3. The minimum Gasteiger partial charge on any atom is -0.336 e.